The van der Waals surface area contributed by atoms with Crippen molar-refractivity contribution in [2.24, 2.45) is 5.92 Å². The largest absolute Gasteiger partial charge is 0.311 e. The van der Waals surface area contributed by atoms with Crippen LogP contribution in [-0.4, -0.2) is 35.6 Å². The smallest absolute Gasteiger partial charge is 0.0575 e. The van der Waals surface area contributed by atoms with E-state index in [0.29, 0.717) is 12.0 Å². The van der Waals surface area contributed by atoms with Gasteiger partial charge in [-0.1, -0.05) is 26.8 Å². The highest BCUT2D eigenvalue weighted by molar-refractivity contribution is 5.19. The molecule has 1 unspecified atom stereocenters. The Hall–Kier alpha value is -0.930. The van der Waals surface area contributed by atoms with Crippen LogP contribution in [0.2, 0.25) is 0 Å². The Labute approximate surface area is 111 Å². The summed E-state index contributed by atoms with van der Waals surface area (Å²) in [5.41, 5.74) is 2.64. The number of hydrogen-bond acceptors (Lipinski definition) is 3. The van der Waals surface area contributed by atoms with Crippen LogP contribution < -0.4 is 5.32 Å². The van der Waals surface area contributed by atoms with Crippen LogP contribution in [0.5, 0.6) is 0 Å². The third kappa shape index (κ3) is 3.30. The van der Waals surface area contributed by atoms with Crippen molar-refractivity contribution in [1.82, 2.24) is 15.2 Å². The van der Waals surface area contributed by atoms with Crippen molar-refractivity contribution in [3.63, 3.8) is 0 Å². The number of nitrogens with one attached hydrogen (secondary N) is 1. The van der Waals surface area contributed by atoms with E-state index in [2.05, 4.69) is 42.0 Å². The summed E-state index contributed by atoms with van der Waals surface area (Å²) in [6.07, 6.45) is 2.99. The van der Waals surface area contributed by atoms with Gasteiger partial charge in [0.05, 0.1) is 5.69 Å². The molecule has 0 saturated carbocycles. The maximum Gasteiger partial charge on any atom is 0.0575 e. The summed E-state index contributed by atoms with van der Waals surface area (Å²) in [4.78, 5) is 7.08. The molecule has 1 aromatic rings. The lowest BCUT2D eigenvalue weighted by molar-refractivity contribution is 0.166. The Balaban J connectivity index is 2.00. The fourth-order valence-corrected chi connectivity index (χ4v) is 2.58. The average Bonchev–Trinajstić information content (AvgIpc) is 2.39. The molecule has 3 nitrogen and oxygen atoms in total. The van der Waals surface area contributed by atoms with Crippen molar-refractivity contribution in [3.05, 3.63) is 29.6 Å². The summed E-state index contributed by atoms with van der Waals surface area (Å²) in [7, 11) is 0. The van der Waals surface area contributed by atoms with Gasteiger partial charge in [-0.15, -0.1) is 0 Å². The molecule has 0 bridgehead atoms. The van der Waals surface area contributed by atoms with Gasteiger partial charge in [0.2, 0.25) is 0 Å². The Bertz CT molecular complexity index is 376. The highest BCUT2D eigenvalue weighted by Crippen LogP contribution is 2.13. The van der Waals surface area contributed by atoms with Crippen LogP contribution in [0.3, 0.4) is 0 Å². The monoisotopic (exact) mass is 247 g/mol. The predicted octanol–water partition coefficient (Wildman–Crippen LogP) is 2.07. The first-order chi connectivity index (χ1) is 8.70. The van der Waals surface area contributed by atoms with E-state index < -0.39 is 0 Å². The van der Waals surface area contributed by atoms with Crippen LogP contribution in [-0.2, 0) is 13.0 Å². The Morgan fingerprint density at radius 3 is 3.06 bits per heavy atom. The first-order valence-corrected chi connectivity index (χ1v) is 7.09. The van der Waals surface area contributed by atoms with Crippen molar-refractivity contribution in [3.8, 4) is 0 Å². The number of rotatable bonds is 4. The van der Waals surface area contributed by atoms with Crippen LogP contribution in [0, 0.1) is 5.92 Å². The lowest BCUT2D eigenvalue weighted by Crippen LogP contribution is -2.52. The van der Waals surface area contributed by atoms with Crippen LogP contribution in [0.4, 0.5) is 0 Å². The fraction of sp³-hybridized carbons (Fsp3) is 0.667. The second kappa shape index (κ2) is 6.30. The van der Waals surface area contributed by atoms with Crippen molar-refractivity contribution >= 4 is 0 Å². The SMILES string of the molecule is CCc1cccnc1CN1CCNC(C(C)C)C1. The molecule has 2 rings (SSSR count). The third-order valence-corrected chi connectivity index (χ3v) is 3.83. The van der Waals surface area contributed by atoms with Crippen molar-refractivity contribution in [1.29, 1.82) is 0 Å². The van der Waals surface area contributed by atoms with E-state index in [0.717, 1.165) is 32.6 Å². The van der Waals surface area contributed by atoms with Crippen molar-refractivity contribution in [2.45, 2.75) is 39.8 Å². The topological polar surface area (TPSA) is 28.2 Å². The molecule has 3 heteroatoms. The first-order valence-electron chi connectivity index (χ1n) is 7.09. The zero-order valence-corrected chi connectivity index (χ0v) is 11.8. The molecule has 18 heavy (non-hydrogen) atoms. The van der Waals surface area contributed by atoms with Gasteiger partial charge in [-0.2, -0.15) is 0 Å². The highest BCUT2D eigenvalue weighted by atomic mass is 15.2. The van der Waals surface area contributed by atoms with Crippen LogP contribution in [0.15, 0.2) is 18.3 Å². The lowest BCUT2D eigenvalue weighted by Gasteiger charge is -2.35. The average molecular weight is 247 g/mol. The molecule has 1 atom stereocenters. The normalized spacial score (nSPS) is 21.4. The minimum atomic E-state index is 0.618. The zero-order chi connectivity index (χ0) is 13.0. The van der Waals surface area contributed by atoms with E-state index >= 15 is 0 Å². The fourth-order valence-electron chi connectivity index (χ4n) is 2.58. The molecule has 0 aromatic carbocycles. The highest BCUT2D eigenvalue weighted by Gasteiger charge is 2.22. The Kier molecular flexibility index (Phi) is 4.72. The molecule has 100 valence electrons. The summed E-state index contributed by atoms with van der Waals surface area (Å²) in [5, 5.41) is 3.60. The standard InChI is InChI=1S/C15H25N3/c1-4-13-6-5-7-16-15(13)11-18-9-8-17-14(10-18)12(2)3/h5-7,12,14,17H,4,8-11H2,1-3H3. The summed E-state index contributed by atoms with van der Waals surface area (Å²) in [6.45, 7) is 11.1. The van der Waals surface area contributed by atoms with Crippen LogP contribution in [0.1, 0.15) is 32.0 Å². The van der Waals surface area contributed by atoms with E-state index in [9.17, 15) is 0 Å². The van der Waals surface area contributed by atoms with Gasteiger partial charge in [0.1, 0.15) is 0 Å². The summed E-state index contributed by atoms with van der Waals surface area (Å²) in [6, 6.07) is 4.86. The van der Waals surface area contributed by atoms with Gasteiger partial charge in [0, 0.05) is 38.4 Å². The van der Waals surface area contributed by atoms with Gasteiger partial charge in [-0.25, -0.2) is 0 Å². The molecule has 0 amide bonds. The number of nitrogens with zero attached hydrogens (tertiary/aromatic N) is 2. The molecule has 1 aromatic heterocycles. The van der Waals surface area contributed by atoms with Gasteiger partial charge in [0.25, 0.3) is 0 Å². The van der Waals surface area contributed by atoms with Gasteiger partial charge < -0.3 is 5.32 Å². The van der Waals surface area contributed by atoms with Crippen LogP contribution in [0.25, 0.3) is 0 Å². The zero-order valence-electron chi connectivity index (χ0n) is 11.8. The molecular formula is C15H25N3. The Morgan fingerprint density at radius 2 is 2.33 bits per heavy atom. The number of aryl methyl sites for hydroxylation is 1. The van der Waals surface area contributed by atoms with E-state index in [1.165, 1.54) is 11.3 Å². The van der Waals surface area contributed by atoms with E-state index in [-0.39, 0.29) is 0 Å². The van der Waals surface area contributed by atoms with Gasteiger partial charge in [-0.3, -0.25) is 9.88 Å². The van der Waals surface area contributed by atoms with E-state index in [1.54, 1.807) is 0 Å². The molecule has 0 radical (unpaired) electrons. The quantitative estimate of drug-likeness (QED) is 0.883. The molecule has 0 spiro atoms. The molecule has 1 saturated heterocycles. The molecule has 1 N–H and O–H groups in total. The lowest BCUT2D eigenvalue weighted by atomic mass is 10.0. The maximum atomic E-state index is 4.55. The molecule has 0 aliphatic carbocycles. The van der Waals surface area contributed by atoms with Gasteiger partial charge in [0.15, 0.2) is 0 Å². The minimum absolute atomic E-state index is 0.618. The van der Waals surface area contributed by atoms with E-state index in [1.807, 2.05) is 12.3 Å². The predicted molar refractivity (Wildman–Crippen MR) is 75.5 cm³/mol. The minimum Gasteiger partial charge on any atom is -0.311 e. The number of hydrogen-bond donors (Lipinski definition) is 1. The first kappa shape index (κ1) is 13.5. The molecule has 1 aliphatic heterocycles. The number of aromatic nitrogens is 1. The summed E-state index contributed by atoms with van der Waals surface area (Å²) >= 11 is 0. The second-order valence-corrected chi connectivity index (χ2v) is 5.50. The molecule has 1 aliphatic rings. The second-order valence-electron chi connectivity index (χ2n) is 5.50. The van der Waals surface area contributed by atoms with Crippen molar-refractivity contribution in [2.75, 3.05) is 19.6 Å². The maximum absolute atomic E-state index is 4.55. The molecule has 2 heterocycles. The summed E-state index contributed by atoms with van der Waals surface area (Å²) < 4.78 is 0. The number of piperazine rings is 1. The molecular weight excluding hydrogens is 222 g/mol. The van der Waals surface area contributed by atoms with Crippen LogP contribution >= 0.6 is 0 Å². The summed E-state index contributed by atoms with van der Waals surface area (Å²) in [5.74, 6) is 0.696. The third-order valence-electron chi connectivity index (χ3n) is 3.83. The van der Waals surface area contributed by atoms with Crippen molar-refractivity contribution < 1.29 is 0 Å². The van der Waals surface area contributed by atoms with Gasteiger partial charge in [-0.05, 0) is 24.0 Å². The molecule has 1 fully saturated rings. The Morgan fingerprint density at radius 1 is 1.50 bits per heavy atom. The van der Waals surface area contributed by atoms with Gasteiger partial charge >= 0.3 is 0 Å². The number of pyridine rings is 1. The van der Waals surface area contributed by atoms with E-state index in [4.69, 9.17) is 0 Å².